The van der Waals surface area contributed by atoms with Crippen LogP contribution < -0.4 is 15.6 Å². The molecule has 0 saturated carbocycles. The van der Waals surface area contributed by atoms with E-state index in [-0.39, 0.29) is 11.2 Å². The van der Waals surface area contributed by atoms with Crippen LogP contribution in [0.3, 0.4) is 0 Å². The van der Waals surface area contributed by atoms with E-state index in [1.807, 2.05) is 43.4 Å². The number of nitrogens with zero attached hydrogens (tertiary/aromatic N) is 4. The van der Waals surface area contributed by atoms with Gasteiger partial charge in [0, 0.05) is 66.0 Å². The molecule has 0 aliphatic heterocycles. The Kier molecular flexibility index (Phi) is 6.55. The van der Waals surface area contributed by atoms with Gasteiger partial charge in [0.25, 0.3) is 5.56 Å². The van der Waals surface area contributed by atoms with E-state index >= 15 is 0 Å². The largest absolute Gasteiger partial charge is 0.481 e. The van der Waals surface area contributed by atoms with E-state index in [2.05, 4.69) is 26.8 Å². The molecule has 0 fully saturated rings. The van der Waals surface area contributed by atoms with Crippen LogP contribution in [0.1, 0.15) is 0 Å². The van der Waals surface area contributed by atoms with Gasteiger partial charge in [-0.05, 0) is 43.9 Å². The van der Waals surface area contributed by atoms with Crippen molar-refractivity contribution in [2.24, 2.45) is 0 Å². The fourth-order valence-electron chi connectivity index (χ4n) is 3.63. The summed E-state index contributed by atoms with van der Waals surface area (Å²) in [5.74, 6) is 0.0769. The van der Waals surface area contributed by atoms with Crippen LogP contribution in [0.25, 0.3) is 33.3 Å². The first kappa shape index (κ1) is 22.9. The highest BCUT2D eigenvalue weighted by Gasteiger charge is 2.14. The maximum absolute atomic E-state index is 12.9. The average molecular weight is 459 g/mol. The van der Waals surface area contributed by atoms with Crippen LogP contribution in [-0.4, -0.2) is 58.1 Å². The Morgan fingerprint density at radius 1 is 1.24 bits per heavy atom. The first-order valence-corrected chi connectivity index (χ1v) is 10.7. The van der Waals surface area contributed by atoms with Crippen molar-refractivity contribution in [3.05, 3.63) is 72.1 Å². The molecule has 9 nitrogen and oxygen atoms in total. The lowest BCUT2D eigenvalue weighted by Gasteiger charge is -2.15. The third kappa shape index (κ3) is 4.74. The summed E-state index contributed by atoms with van der Waals surface area (Å²) in [4.78, 5) is 38.8. The highest BCUT2D eigenvalue weighted by molar-refractivity contribution is 5.99. The number of hydrogen-bond donors (Lipinski definition) is 2. The molecule has 0 aromatic carbocycles. The van der Waals surface area contributed by atoms with Gasteiger partial charge >= 0.3 is 0 Å². The van der Waals surface area contributed by atoms with Crippen LogP contribution in [-0.2, 0) is 11.3 Å². The van der Waals surface area contributed by atoms with Gasteiger partial charge in [0.2, 0.25) is 11.8 Å². The van der Waals surface area contributed by atoms with Gasteiger partial charge in [0.1, 0.15) is 11.3 Å². The number of fused-ring (bicyclic) bond motifs is 1. The second-order valence-corrected chi connectivity index (χ2v) is 8.05. The van der Waals surface area contributed by atoms with E-state index in [0.717, 1.165) is 39.4 Å². The molecule has 1 amide bonds. The maximum atomic E-state index is 12.9. The highest BCUT2D eigenvalue weighted by atomic mass is 16.5. The van der Waals surface area contributed by atoms with Gasteiger partial charge in [-0.2, -0.15) is 0 Å². The van der Waals surface area contributed by atoms with Gasteiger partial charge < -0.3 is 24.5 Å². The molecule has 4 aromatic rings. The number of anilines is 1. The Labute approximate surface area is 196 Å². The van der Waals surface area contributed by atoms with Crippen LogP contribution in [0, 0.1) is 0 Å². The quantitative estimate of drug-likeness (QED) is 0.393. The smallest absolute Gasteiger partial charge is 0.274 e. The predicted molar refractivity (Wildman–Crippen MR) is 133 cm³/mol. The predicted octanol–water partition coefficient (Wildman–Crippen LogP) is 3.15. The van der Waals surface area contributed by atoms with Crippen molar-refractivity contribution in [1.82, 2.24) is 24.4 Å². The third-order valence-electron chi connectivity index (χ3n) is 5.44. The van der Waals surface area contributed by atoms with Gasteiger partial charge in [0.05, 0.1) is 7.11 Å². The molecule has 174 valence electrons. The van der Waals surface area contributed by atoms with Gasteiger partial charge in [0.15, 0.2) is 0 Å². The van der Waals surface area contributed by atoms with Crippen molar-refractivity contribution in [2.75, 3.05) is 33.1 Å². The Balaban J connectivity index is 1.83. The molecule has 34 heavy (non-hydrogen) atoms. The Morgan fingerprint density at radius 2 is 2.06 bits per heavy atom. The second-order valence-electron chi connectivity index (χ2n) is 8.05. The van der Waals surface area contributed by atoms with E-state index < -0.39 is 5.91 Å². The molecule has 0 atom stereocenters. The molecular formula is C25H26N6O3. The summed E-state index contributed by atoms with van der Waals surface area (Å²) in [6, 6.07) is 7.44. The monoisotopic (exact) mass is 458 g/mol. The summed E-state index contributed by atoms with van der Waals surface area (Å²) >= 11 is 0. The number of H-pyrrole nitrogens is 1. The molecule has 0 bridgehead atoms. The van der Waals surface area contributed by atoms with E-state index in [4.69, 9.17) is 4.74 Å². The topological polar surface area (TPSA) is 105 Å². The molecule has 0 aliphatic carbocycles. The minimum absolute atomic E-state index is 0.189. The number of hydrogen-bond acceptors (Lipinski definition) is 6. The zero-order chi connectivity index (χ0) is 24.2. The number of carbonyl (C=O) groups excluding carboxylic acids is 1. The number of carbonyl (C=O) groups is 1. The number of pyridine rings is 3. The van der Waals surface area contributed by atoms with Gasteiger partial charge in [-0.15, -0.1) is 0 Å². The summed E-state index contributed by atoms with van der Waals surface area (Å²) in [6.07, 6.45) is 8.26. The number of aromatic nitrogens is 4. The fourth-order valence-corrected chi connectivity index (χ4v) is 3.63. The van der Waals surface area contributed by atoms with Gasteiger partial charge in [-0.1, -0.05) is 6.58 Å². The van der Waals surface area contributed by atoms with Crippen molar-refractivity contribution < 1.29 is 9.53 Å². The number of amides is 1. The zero-order valence-electron chi connectivity index (χ0n) is 19.3. The normalized spacial score (nSPS) is 11.1. The summed E-state index contributed by atoms with van der Waals surface area (Å²) in [7, 11) is 5.46. The highest BCUT2D eigenvalue weighted by Crippen LogP contribution is 2.32. The molecule has 2 N–H and O–H groups in total. The molecule has 0 aliphatic rings. The standard InChI is InChI=1S/C25H26N6O3/c1-5-22(32)29-21-11-18(15-31(25(21)33)9-8-30(2)3)17-10-19-20(14-28-24(19)27-13-17)16-6-7-26-23(12-16)34-4/h5-7,10-15H,1,8-9H2,2-4H3,(H,27,28)(H,29,32). The zero-order valence-corrected chi connectivity index (χ0v) is 19.3. The Bertz CT molecular complexity index is 1420. The molecule has 0 saturated heterocycles. The minimum Gasteiger partial charge on any atom is -0.481 e. The fraction of sp³-hybridized carbons (Fsp3) is 0.200. The molecule has 0 radical (unpaired) electrons. The number of rotatable bonds is 8. The van der Waals surface area contributed by atoms with Crippen LogP contribution in [0.15, 0.2) is 66.5 Å². The Morgan fingerprint density at radius 3 is 2.79 bits per heavy atom. The van der Waals surface area contributed by atoms with E-state index in [1.165, 1.54) is 0 Å². The number of aromatic amines is 1. The molecule has 0 unspecified atom stereocenters. The van der Waals surface area contributed by atoms with Crippen molar-refractivity contribution >= 4 is 22.6 Å². The van der Waals surface area contributed by atoms with Crippen LogP contribution in [0.2, 0.25) is 0 Å². The van der Waals surface area contributed by atoms with Crippen molar-refractivity contribution in [2.45, 2.75) is 6.54 Å². The molecule has 9 heteroatoms. The van der Waals surface area contributed by atoms with E-state index in [0.29, 0.717) is 19.0 Å². The van der Waals surface area contributed by atoms with Crippen LogP contribution in [0.5, 0.6) is 5.88 Å². The lowest BCUT2D eigenvalue weighted by atomic mass is 10.0. The molecule has 0 spiro atoms. The lowest BCUT2D eigenvalue weighted by molar-refractivity contribution is -0.111. The van der Waals surface area contributed by atoms with Crippen LogP contribution in [0.4, 0.5) is 5.69 Å². The first-order chi connectivity index (χ1) is 16.4. The van der Waals surface area contributed by atoms with E-state index in [1.54, 1.807) is 36.3 Å². The van der Waals surface area contributed by atoms with Crippen molar-refractivity contribution in [3.8, 4) is 28.1 Å². The van der Waals surface area contributed by atoms with Crippen LogP contribution >= 0.6 is 0 Å². The van der Waals surface area contributed by atoms with Crippen molar-refractivity contribution in [1.29, 1.82) is 0 Å². The average Bonchev–Trinajstić information content (AvgIpc) is 3.27. The summed E-state index contributed by atoms with van der Waals surface area (Å²) < 4.78 is 6.86. The first-order valence-electron chi connectivity index (χ1n) is 10.7. The second kappa shape index (κ2) is 9.72. The molecule has 4 aromatic heterocycles. The maximum Gasteiger partial charge on any atom is 0.274 e. The minimum atomic E-state index is -0.443. The number of likely N-dealkylation sites (N-methyl/N-ethyl adjacent to an activating group) is 1. The van der Waals surface area contributed by atoms with Crippen molar-refractivity contribution in [3.63, 3.8) is 0 Å². The molecule has 4 heterocycles. The number of methoxy groups -OCH3 is 1. The lowest BCUT2D eigenvalue weighted by Crippen LogP contribution is -2.29. The number of ether oxygens (including phenoxy) is 1. The summed E-state index contributed by atoms with van der Waals surface area (Å²) in [6.45, 7) is 4.61. The van der Waals surface area contributed by atoms with Gasteiger partial charge in [-0.3, -0.25) is 9.59 Å². The molecule has 4 rings (SSSR count). The molecular weight excluding hydrogens is 432 g/mol. The Hall–Kier alpha value is -4.24. The SMILES string of the molecule is C=CC(=O)Nc1cc(-c2cnc3[nH]cc(-c4ccnc(OC)c4)c3c2)cn(CCN(C)C)c1=O. The summed E-state index contributed by atoms with van der Waals surface area (Å²) in [5.41, 5.74) is 4.10. The van der Waals surface area contributed by atoms with Gasteiger partial charge in [-0.25, -0.2) is 9.97 Å². The number of nitrogens with one attached hydrogen (secondary N) is 2. The van der Waals surface area contributed by atoms with E-state index in [9.17, 15) is 9.59 Å². The third-order valence-corrected chi connectivity index (χ3v) is 5.44. The summed E-state index contributed by atoms with van der Waals surface area (Å²) in [5, 5.41) is 3.54.